The number of carboxylic acids is 1. The Hall–Kier alpha value is -1.33. The molecule has 0 fully saturated rings. The normalized spacial score (nSPS) is 12.0. The summed E-state index contributed by atoms with van der Waals surface area (Å²) in [6, 6.07) is 1.81. The monoisotopic (exact) mass is 290 g/mol. The number of hydrogen-bond acceptors (Lipinski definition) is 3. The lowest BCUT2D eigenvalue weighted by Crippen LogP contribution is -2.42. The van der Waals surface area contributed by atoms with Crippen LogP contribution in [0.15, 0.2) is 12.1 Å². The van der Waals surface area contributed by atoms with Crippen molar-refractivity contribution in [1.82, 2.24) is 9.88 Å². The van der Waals surface area contributed by atoms with Crippen molar-refractivity contribution in [2.75, 3.05) is 7.05 Å². The Bertz CT molecular complexity index is 459. The Morgan fingerprint density at radius 2 is 1.89 bits per heavy atom. The van der Waals surface area contributed by atoms with Gasteiger partial charge >= 0.3 is 5.97 Å². The van der Waals surface area contributed by atoms with Crippen molar-refractivity contribution in [2.24, 2.45) is 0 Å². The second-order valence-corrected chi connectivity index (χ2v) is 4.45. The average molecular weight is 291 g/mol. The van der Waals surface area contributed by atoms with Crippen molar-refractivity contribution in [3.8, 4) is 0 Å². The molecule has 0 aliphatic rings. The smallest absolute Gasteiger partial charge is 0.326 e. The summed E-state index contributed by atoms with van der Waals surface area (Å²) in [5.74, 6) is -1.52. The first-order valence-corrected chi connectivity index (χ1v) is 5.95. The van der Waals surface area contributed by atoms with Gasteiger partial charge in [0.2, 0.25) is 0 Å². The minimum atomic E-state index is -1.06. The van der Waals surface area contributed by atoms with Gasteiger partial charge in [0.05, 0.1) is 0 Å². The molecule has 0 aliphatic heterocycles. The summed E-state index contributed by atoms with van der Waals surface area (Å²) < 4.78 is 0. The molecule has 18 heavy (non-hydrogen) atoms. The molecule has 0 saturated carbocycles. The maximum Gasteiger partial charge on any atom is 0.326 e. The second-order valence-electron chi connectivity index (χ2n) is 3.68. The molecule has 1 aromatic rings. The molecule has 0 aliphatic carbocycles. The maximum absolute atomic E-state index is 12.1. The van der Waals surface area contributed by atoms with E-state index in [1.54, 1.807) is 6.92 Å². The van der Waals surface area contributed by atoms with E-state index in [1.807, 2.05) is 0 Å². The molecule has 1 rings (SSSR count). The Morgan fingerprint density at radius 1 is 1.39 bits per heavy atom. The van der Waals surface area contributed by atoms with Crippen LogP contribution in [0, 0.1) is 0 Å². The maximum atomic E-state index is 12.1. The van der Waals surface area contributed by atoms with E-state index in [0.717, 1.165) is 4.90 Å². The molecule has 1 N–H and O–H groups in total. The summed E-state index contributed by atoms with van der Waals surface area (Å²) in [4.78, 5) is 27.9. The van der Waals surface area contributed by atoms with Crippen molar-refractivity contribution in [1.29, 1.82) is 0 Å². The first-order valence-electron chi connectivity index (χ1n) is 5.19. The van der Waals surface area contributed by atoms with Gasteiger partial charge in [0, 0.05) is 12.6 Å². The van der Waals surface area contributed by atoms with E-state index in [0.29, 0.717) is 6.42 Å². The van der Waals surface area contributed by atoms with Gasteiger partial charge < -0.3 is 10.0 Å². The second kappa shape index (κ2) is 6.02. The van der Waals surface area contributed by atoms with Crippen LogP contribution in [-0.2, 0) is 4.79 Å². The first-order chi connectivity index (χ1) is 8.36. The van der Waals surface area contributed by atoms with Crippen LogP contribution in [0.5, 0.6) is 0 Å². The average Bonchev–Trinajstić information content (AvgIpc) is 2.26. The molecule has 0 saturated heterocycles. The lowest BCUT2D eigenvalue weighted by molar-refractivity contribution is -0.142. The molecule has 7 heteroatoms. The van der Waals surface area contributed by atoms with E-state index in [9.17, 15) is 9.59 Å². The molecule has 1 unspecified atom stereocenters. The minimum Gasteiger partial charge on any atom is -0.480 e. The molecule has 0 bridgehead atoms. The zero-order chi connectivity index (χ0) is 13.9. The SMILES string of the molecule is CCC(C(=O)O)N(C)C(=O)c1cc(Cl)nc(Cl)c1. The number of aromatic nitrogens is 1. The van der Waals surface area contributed by atoms with E-state index in [2.05, 4.69) is 4.98 Å². The van der Waals surface area contributed by atoms with E-state index in [-0.39, 0.29) is 15.9 Å². The van der Waals surface area contributed by atoms with Crippen LogP contribution < -0.4 is 0 Å². The zero-order valence-corrected chi connectivity index (χ0v) is 11.4. The van der Waals surface area contributed by atoms with Gasteiger partial charge in [-0.3, -0.25) is 4.79 Å². The van der Waals surface area contributed by atoms with Crippen LogP contribution in [0.1, 0.15) is 23.7 Å². The van der Waals surface area contributed by atoms with Gasteiger partial charge in [-0.1, -0.05) is 30.1 Å². The number of carboxylic acid groups (broad SMARTS) is 1. The van der Waals surface area contributed by atoms with Gasteiger partial charge in [0.15, 0.2) is 0 Å². The van der Waals surface area contributed by atoms with Gasteiger partial charge in [-0.2, -0.15) is 0 Å². The fourth-order valence-corrected chi connectivity index (χ4v) is 2.01. The Labute approximate surface area is 114 Å². The van der Waals surface area contributed by atoms with Crippen LogP contribution in [-0.4, -0.2) is 40.0 Å². The predicted molar refractivity (Wildman–Crippen MR) is 68.1 cm³/mol. The standard InChI is InChI=1S/C11H12Cl2N2O3/c1-3-7(11(17)18)15(2)10(16)6-4-8(12)14-9(13)5-6/h4-5,7H,3H2,1-2H3,(H,17,18). The number of halogens is 2. The molecule has 98 valence electrons. The van der Waals surface area contributed by atoms with Gasteiger partial charge in [-0.25, -0.2) is 9.78 Å². The highest BCUT2D eigenvalue weighted by Crippen LogP contribution is 2.17. The van der Waals surface area contributed by atoms with Crippen molar-refractivity contribution in [2.45, 2.75) is 19.4 Å². The highest BCUT2D eigenvalue weighted by atomic mass is 35.5. The summed E-state index contributed by atoms with van der Waals surface area (Å²) in [5.41, 5.74) is 0.210. The molecule has 0 aromatic carbocycles. The Kier molecular flexibility index (Phi) is 4.93. The summed E-state index contributed by atoms with van der Waals surface area (Å²) in [6.45, 7) is 1.69. The lowest BCUT2D eigenvalue weighted by Gasteiger charge is -2.23. The van der Waals surface area contributed by atoms with Crippen LogP contribution in [0.25, 0.3) is 0 Å². The van der Waals surface area contributed by atoms with Crippen molar-refractivity contribution >= 4 is 35.1 Å². The molecule has 5 nitrogen and oxygen atoms in total. The fraction of sp³-hybridized carbons (Fsp3) is 0.364. The minimum absolute atomic E-state index is 0.0858. The van der Waals surface area contributed by atoms with E-state index in [4.69, 9.17) is 28.3 Å². The molecule has 1 atom stereocenters. The fourth-order valence-electron chi connectivity index (χ4n) is 1.55. The van der Waals surface area contributed by atoms with Gasteiger partial charge in [0.25, 0.3) is 5.91 Å². The quantitative estimate of drug-likeness (QED) is 0.864. The van der Waals surface area contributed by atoms with Crippen LogP contribution >= 0.6 is 23.2 Å². The largest absolute Gasteiger partial charge is 0.480 e. The molecule has 1 amide bonds. The third-order valence-corrected chi connectivity index (χ3v) is 2.86. The van der Waals surface area contributed by atoms with Crippen molar-refractivity contribution < 1.29 is 14.7 Å². The summed E-state index contributed by atoms with van der Waals surface area (Å²) in [6.07, 6.45) is 0.310. The predicted octanol–water partition coefficient (Wildman–Crippen LogP) is 2.32. The van der Waals surface area contributed by atoms with Crippen LogP contribution in [0.2, 0.25) is 10.3 Å². The Balaban J connectivity index is 3.02. The number of carbonyl (C=O) groups is 2. The Morgan fingerprint density at radius 3 is 2.28 bits per heavy atom. The molecule has 0 radical (unpaired) electrons. The summed E-state index contributed by atoms with van der Waals surface area (Å²) in [5, 5.41) is 9.16. The topological polar surface area (TPSA) is 70.5 Å². The van der Waals surface area contributed by atoms with Gasteiger partial charge in [-0.05, 0) is 18.6 Å². The highest BCUT2D eigenvalue weighted by Gasteiger charge is 2.25. The summed E-state index contributed by atoms with van der Waals surface area (Å²) in [7, 11) is 1.42. The number of carbonyl (C=O) groups excluding carboxylic acids is 1. The molecule has 1 aromatic heterocycles. The number of likely N-dealkylation sites (N-methyl/N-ethyl adjacent to an activating group) is 1. The van der Waals surface area contributed by atoms with Crippen molar-refractivity contribution in [3.05, 3.63) is 28.0 Å². The van der Waals surface area contributed by atoms with E-state index < -0.39 is 17.9 Å². The van der Waals surface area contributed by atoms with Crippen molar-refractivity contribution in [3.63, 3.8) is 0 Å². The third kappa shape index (κ3) is 3.34. The number of hydrogen-bond donors (Lipinski definition) is 1. The van der Waals surface area contributed by atoms with E-state index in [1.165, 1.54) is 19.2 Å². The van der Waals surface area contributed by atoms with Crippen LogP contribution in [0.3, 0.4) is 0 Å². The zero-order valence-electron chi connectivity index (χ0n) is 9.85. The number of amides is 1. The summed E-state index contributed by atoms with van der Waals surface area (Å²) >= 11 is 11.4. The van der Waals surface area contributed by atoms with Gasteiger partial charge in [-0.15, -0.1) is 0 Å². The molecule has 1 heterocycles. The van der Waals surface area contributed by atoms with Gasteiger partial charge in [0.1, 0.15) is 16.3 Å². The number of rotatable bonds is 4. The molecular formula is C11H12Cl2N2O3. The number of aliphatic carboxylic acids is 1. The van der Waals surface area contributed by atoms with E-state index >= 15 is 0 Å². The number of pyridine rings is 1. The lowest BCUT2D eigenvalue weighted by atomic mass is 10.1. The first kappa shape index (κ1) is 14.7. The third-order valence-electron chi connectivity index (χ3n) is 2.47. The highest BCUT2D eigenvalue weighted by molar-refractivity contribution is 6.33. The van der Waals surface area contributed by atoms with Crippen LogP contribution in [0.4, 0.5) is 0 Å². The molecule has 0 spiro atoms. The number of nitrogens with zero attached hydrogens (tertiary/aromatic N) is 2. The molecular weight excluding hydrogens is 279 g/mol.